The third-order valence-corrected chi connectivity index (χ3v) is 16.5. The van der Waals surface area contributed by atoms with Crippen molar-refractivity contribution in [3.63, 3.8) is 0 Å². The highest BCUT2D eigenvalue weighted by atomic mass is 16.5. The zero-order valence-electron chi connectivity index (χ0n) is 33.5. The lowest BCUT2D eigenvalue weighted by Crippen LogP contribution is -2.67. The van der Waals surface area contributed by atoms with Crippen molar-refractivity contribution in [2.45, 2.75) is 132 Å². The van der Waals surface area contributed by atoms with Gasteiger partial charge in [-0.05, 0) is 130 Å². The summed E-state index contributed by atoms with van der Waals surface area (Å²) in [5.41, 5.74) is 3.39. The maximum Gasteiger partial charge on any atom is 0.319 e. The number of esters is 2. The quantitative estimate of drug-likeness (QED) is 0.133. The van der Waals surface area contributed by atoms with E-state index in [4.69, 9.17) is 9.47 Å². The fourth-order valence-corrected chi connectivity index (χ4v) is 13.7. The van der Waals surface area contributed by atoms with E-state index in [1.54, 1.807) is 0 Å². The molecule has 0 saturated heterocycles. The Bertz CT molecular complexity index is 1430. The van der Waals surface area contributed by atoms with E-state index >= 15 is 0 Å². The molecule has 1 aromatic carbocycles. The molecule has 6 rings (SSSR count). The van der Waals surface area contributed by atoms with Gasteiger partial charge in [0.2, 0.25) is 0 Å². The van der Waals surface area contributed by atoms with E-state index in [9.17, 15) is 9.59 Å². The zero-order valence-corrected chi connectivity index (χ0v) is 33.5. The van der Waals surface area contributed by atoms with Gasteiger partial charge in [0, 0.05) is 36.9 Å². The van der Waals surface area contributed by atoms with E-state index in [0.717, 1.165) is 45.3 Å². The first kappa shape index (κ1) is 38.5. The van der Waals surface area contributed by atoms with Crippen molar-refractivity contribution in [3.05, 3.63) is 48.0 Å². The summed E-state index contributed by atoms with van der Waals surface area (Å²) >= 11 is 0. The lowest BCUT2D eigenvalue weighted by Gasteiger charge is -2.73. The Hall–Kier alpha value is -2.18. The van der Waals surface area contributed by atoms with E-state index < -0.39 is 0 Å². The molecule has 0 radical (unpaired) electrons. The topological polar surface area (TPSA) is 67.9 Å². The molecule has 0 heterocycles. The molecule has 0 bridgehead atoms. The summed E-state index contributed by atoms with van der Waals surface area (Å²) in [7, 11) is 2.12. The normalized spacial score (nSPS) is 39.6. The molecule has 0 aromatic heterocycles. The lowest BCUT2D eigenvalue weighted by molar-refractivity contribution is -0.252. The second-order valence-electron chi connectivity index (χ2n) is 19.3. The van der Waals surface area contributed by atoms with Gasteiger partial charge >= 0.3 is 11.9 Å². The number of rotatable bonds is 12. The van der Waals surface area contributed by atoms with Gasteiger partial charge in [0.05, 0.1) is 13.2 Å². The third kappa shape index (κ3) is 6.77. The number of allylic oxidation sites excluding steroid dienone is 1. The second kappa shape index (κ2) is 14.6. The minimum atomic E-state index is -0.120. The highest BCUT2D eigenvalue weighted by molar-refractivity contribution is 5.71. The molecule has 51 heavy (non-hydrogen) atoms. The molecule has 284 valence electrons. The molecule has 0 spiro atoms. The van der Waals surface area contributed by atoms with Gasteiger partial charge < -0.3 is 19.7 Å². The Morgan fingerprint density at radius 3 is 2.33 bits per heavy atom. The van der Waals surface area contributed by atoms with Gasteiger partial charge in [-0.15, -0.1) is 0 Å². The van der Waals surface area contributed by atoms with Crippen LogP contribution >= 0.6 is 0 Å². The number of hydrogen-bond acceptors (Lipinski definition) is 6. The summed E-state index contributed by atoms with van der Waals surface area (Å²) in [5.74, 6) is 2.69. The van der Waals surface area contributed by atoms with Gasteiger partial charge in [-0.2, -0.15) is 0 Å². The molecule has 10 atom stereocenters. The summed E-state index contributed by atoms with van der Waals surface area (Å²) in [6.07, 6.45) is 12.3. The number of ether oxygens (including phenoxy) is 2. The summed E-state index contributed by atoms with van der Waals surface area (Å²) in [6, 6.07) is 10.5. The Morgan fingerprint density at radius 2 is 1.63 bits per heavy atom. The molecule has 6 heteroatoms. The predicted molar refractivity (Wildman–Crippen MR) is 206 cm³/mol. The van der Waals surface area contributed by atoms with Crippen LogP contribution in [0.25, 0.3) is 0 Å². The molecule has 0 amide bonds. The second-order valence-corrected chi connectivity index (χ2v) is 19.3. The Labute approximate surface area is 310 Å². The van der Waals surface area contributed by atoms with Gasteiger partial charge in [-0.1, -0.05) is 84.0 Å². The number of nitrogens with one attached hydrogen (secondary N) is 1. The minimum absolute atomic E-state index is 0.0169. The summed E-state index contributed by atoms with van der Waals surface area (Å²) in [4.78, 5) is 27.9. The SMILES string of the molecule is C=C(C)C1CC[C@]2(COC(=O)CNCCN(C)Cc3ccccc3)CC[C@]3(C)C(CCC4[C@@]5(C)CC[C@H](OC(=O)CC)C(C)(C)C5CC[C@]43C)C12. The largest absolute Gasteiger partial charge is 0.464 e. The first-order chi connectivity index (χ1) is 24.1. The van der Waals surface area contributed by atoms with E-state index in [2.05, 4.69) is 89.7 Å². The van der Waals surface area contributed by atoms with E-state index in [0.29, 0.717) is 42.6 Å². The van der Waals surface area contributed by atoms with Crippen LogP contribution in [-0.2, 0) is 25.6 Å². The molecule has 0 aliphatic heterocycles. The highest BCUT2D eigenvalue weighted by Crippen LogP contribution is 2.77. The molecule has 5 unspecified atom stereocenters. The van der Waals surface area contributed by atoms with Crippen LogP contribution in [0.2, 0.25) is 0 Å². The lowest BCUT2D eigenvalue weighted by atomic mass is 9.32. The molecular formula is C45H70N2O4. The Balaban J connectivity index is 1.13. The number of benzene rings is 1. The zero-order chi connectivity index (χ0) is 36.8. The average molecular weight is 703 g/mol. The number of nitrogens with zero attached hydrogens (tertiary/aromatic N) is 1. The van der Waals surface area contributed by atoms with Crippen LogP contribution in [0.15, 0.2) is 42.5 Å². The van der Waals surface area contributed by atoms with E-state index in [1.807, 2.05) is 13.0 Å². The number of carbonyl (C=O) groups is 2. The van der Waals surface area contributed by atoms with Crippen LogP contribution in [0.1, 0.15) is 125 Å². The molecular weight excluding hydrogens is 633 g/mol. The maximum atomic E-state index is 13.2. The van der Waals surface area contributed by atoms with E-state index in [-0.39, 0.29) is 51.7 Å². The molecule has 1 aromatic rings. The van der Waals surface area contributed by atoms with Gasteiger partial charge in [-0.25, -0.2) is 0 Å². The van der Waals surface area contributed by atoms with Crippen LogP contribution in [0.4, 0.5) is 0 Å². The highest BCUT2D eigenvalue weighted by Gasteiger charge is 2.71. The summed E-state index contributed by atoms with van der Waals surface area (Å²) in [6.45, 7) is 24.8. The maximum absolute atomic E-state index is 13.2. The molecule has 1 N–H and O–H groups in total. The number of hydrogen-bond donors (Lipinski definition) is 1. The van der Waals surface area contributed by atoms with Crippen LogP contribution < -0.4 is 5.32 Å². The van der Waals surface area contributed by atoms with Gasteiger partial charge in [0.25, 0.3) is 0 Å². The van der Waals surface area contributed by atoms with Crippen molar-refractivity contribution in [2.75, 3.05) is 33.3 Å². The van der Waals surface area contributed by atoms with Crippen molar-refractivity contribution in [1.82, 2.24) is 10.2 Å². The van der Waals surface area contributed by atoms with Crippen LogP contribution in [0.5, 0.6) is 0 Å². The van der Waals surface area contributed by atoms with E-state index in [1.165, 1.54) is 49.7 Å². The van der Waals surface area contributed by atoms with Crippen molar-refractivity contribution in [1.29, 1.82) is 0 Å². The Kier molecular flexibility index (Phi) is 11.0. The molecule has 5 aliphatic rings. The van der Waals surface area contributed by atoms with Crippen molar-refractivity contribution >= 4 is 11.9 Å². The van der Waals surface area contributed by atoms with Gasteiger partial charge in [-0.3, -0.25) is 9.59 Å². The summed E-state index contributed by atoms with van der Waals surface area (Å²) < 4.78 is 12.4. The van der Waals surface area contributed by atoms with Crippen LogP contribution in [-0.4, -0.2) is 56.2 Å². The average Bonchev–Trinajstić information content (AvgIpc) is 3.48. The van der Waals surface area contributed by atoms with Crippen molar-refractivity contribution in [2.24, 2.45) is 56.7 Å². The molecule has 6 nitrogen and oxygen atoms in total. The van der Waals surface area contributed by atoms with Gasteiger partial charge in [0.1, 0.15) is 6.10 Å². The first-order valence-electron chi connectivity index (χ1n) is 20.5. The molecule has 5 aliphatic carbocycles. The number of carbonyl (C=O) groups excluding carboxylic acids is 2. The fraction of sp³-hybridized carbons (Fsp3) is 0.778. The molecule has 5 fully saturated rings. The monoisotopic (exact) mass is 703 g/mol. The van der Waals surface area contributed by atoms with Crippen LogP contribution in [0, 0.1) is 56.7 Å². The predicted octanol–water partition coefficient (Wildman–Crippen LogP) is 9.23. The first-order valence-corrected chi connectivity index (χ1v) is 20.5. The number of likely N-dealkylation sites (N-methyl/N-ethyl adjacent to an activating group) is 1. The summed E-state index contributed by atoms with van der Waals surface area (Å²) in [5, 5.41) is 3.35. The number of fused-ring (bicyclic) bond motifs is 7. The fourth-order valence-electron chi connectivity index (χ4n) is 13.7. The Morgan fingerprint density at radius 1 is 0.882 bits per heavy atom. The van der Waals surface area contributed by atoms with Crippen molar-refractivity contribution < 1.29 is 19.1 Å². The van der Waals surface area contributed by atoms with Gasteiger partial charge in [0.15, 0.2) is 0 Å². The smallest absolute Gasteiger partial charge is 0.319 e. The third-order valence-electron chi connectivity index (χ3n) is 16.5. The van der Waals surface area contributed by atoms with Crippen LogP contribution in [0.3, 0.4) is 0 Å². The minimum Gasteiger partial charge on any atom is -0.464 e. The van der Waals surface area contributed by atoms with Crippen molar-refractivity contribution in [3.8, 4) is 0 Å². The standard InChI is InChI=1S/C45H70N2O4/c1-10-38(48)51-37-20-21-42(6)35(41(37,4)5)19-22-44(8)36(42)17-16-34-40-33(31(2)3)18-23-45(40,25-24-43(34,44)7)30-50-39(49)28-46-26-27-47(9)29-32-14-12-11-13-15-32/h11-15,33-37,40,46H,2,10,16-30H2,1,3-9H3/t33?,34?,35?,36?,37-,40?,42-,43+,44+,45+/m0/s1. The molecule has 5 saturated carbocycles.